The Labute approximate surface area is 132 Å². The highest BCUT2D eigenvalue weighted by Crippen LogP contribution is 2.59. The summed E-state index contributed by atoms with van der Waals surface area (Å²) < 4.78 is 0. The summed E-state index contributed by atoms with van der Waals surface area (Å²) in [5.41, 5.74) is 2.87. The van der Waals surface area contributed by atoms with E-state index in [-0.39, 0.29) is 11.8 Å². The molecule has 0 aromatic heterocycles. The van der Waals surface area contributed by atoms with Crippen molar-refractivity contribution in [3.05, 3.63) is 35.4 Å². The fraction of sp³-hybridized carbons (Fsp3) is 0.611. The van der Waals surface area contributed by atoms with Gasteiger partial charge in [0.15, 0.2) is 0 Å². The van der Waals surface area contributed by atoms with Crippen molar-refractivity contribution >= 4 is 17.5 Å². The number of carbonyl (C=O) groups excluding carboxylic acids is 1. The van der Waals surface area contributed by atoms with Gasteiger partial charge in [0, 0.05) is 18.3 Å². The summed E-state index contributed by atoms with van der Waals surface area (Å²) in [4.78, 5) is 12.5. The topological polar surface area (TPSA) is 29.1 Å². The van der Waals surface area contributed by atoms with E-state index < -0.39 is 0 Å². The number of fused-ring (bicyclic) bond motifs is 3. The number of hydrogen-bond acceptors (Lipinski definition) is 1. The molecule has 1 saturated carbocycles. The Morgan fingerprint density at radius 3 is 3.00 bits per heavy atom. The zero-order valence-corrected chi connectivity index (χ0v) is 13.4. The van der Waals surface area contributed by atoms with Crippen LogP contribution in [0.2, 0.25) is 0 Å². The molecule has 1 aromatic rings. The van der Waals surface area contributed by atoms with Gasteiger partial charge >= 0.3 is 0 Å². The number of amides is 1. The summed E-state index contributed by atoms with van der Waals surface area (Å²) in [6.07, 6.45) is 4.36. The van der Waals surface area contributed by atoms with Crippen LogP contribution in [0.4, 0.5) is 0 Å². The van der Waals surface area contributed by atoms with Gasteiger partial charge in [-0.3, -0.25) is 4.79 Å². The van der Waals surface area contributed by atoms with Crippen molar-refractivity contribution in [1.29, 1.82) is 0 Å². The lowest BCUT2D eigenvalue weighted by Gasteiger charge is -2.14. The van der Waals surface area contributed by atoms with Gasteiger partial charge in [-0.25, -0.2) is 0 Å². The maximum Gasteiger partial charge on any atom is 0.224 e. The predicted octanol–water partition coefficient (Wildman–Crippen LogP) is 3.73. The van der Waals surface area contributed by atoms with Crippen LogP contribution in [0.3, 0.4) is 0 Å². The first-order chi connectivity index (χ1) is 10.3. The molecule has 21 heavy (non-hydrogen) atoms. The third-order valence-corrected chi connectivity index (χ3v) is 5.51. The van der Waals surface area contributed by atoms with Gasteiger partial charge in [-0.2, -0.15) is 0 Å². The molecular weight excluding hydrogens is 282 g/mol. The normalized spacial score (nSPS) is 27.4. The molecule has 0 bridgehead atoms. The molecule has 1 aromatic carbocycles. The van der Waals surface area contributed by atoms with Crippen LogP contribution in [0.25, 0.3) is 0 Å². The molecule has 0 aliphatic heterocycles. The number of alkyl halides is 1. The lowest BCUT2D eigenvalue weighted by molar-refractivity contribution is -0.122. The lowest BCUT2D eigenvalue weighted by atomic mass is 9.92. The molecule has 3 heteroatoms. The van der Waals surface area contributed by atoms with Crippen molar-refractivity contribution in [2.24, 2.45) is 17.8 Å². The highest BCUT2D eigenvalue weighted by Gasteiger charge is 2.56. The van der Waals surface area contributed by atoms with E-state index in [1.54, 1.807) is 0 Å². The van der Waals surface area contributed by atoms with Gasteiger partial charge in [0.05, 0.1) is 0 Å². The molecule has 0 saturated heterocycles. The Morgan fingerprint density at radius 1 is 1.43 bits per heavy atom. The number of nitrogens with one attached hydrogen (secondary N) is 1. The molecule has 0 radical (unpaired) electrons. The first-order valence-corrected chi connectivity index (χ1v) is 8.71. The maximum atomic E-state index is 12.5. The highest BCUT2D eigenvalue weighted by molar-refractivity contribution is 6.17. The van der Waals surface area contributed by atoms with Gasteiger partial charge in [0.2, 0.25) is 5.91 Å². The van der Waals surface area contributed by atoms with E-state index in [4.69, 9.17) is 11.6 Å². The second-order valence-corrected chi connectivity index (χ2v) is 6.83. The summed E-state index contributed by atoms with van der Waals surface area (Å²) in [7, 11) is 0. The minimum atomic E-state index is 0.210. The Bertz CT molecular complexity index is 516. The molecule has 114 valence electrons. The van der Waals surface area contributed by atoms with E-state index in [0.29, 0.717) is 23.6 Å². The molecule has 3 rings (SSSR count). The van der Waals surface area contributed by atoms with Crippen LogP contribution < -0.4 is 5.32 Å². The third-order valence-electron chi connectivity index (χ3n) is 5.29. The Hall–Kier alpha value is -1.02. The van der Waals surface area contributed by atoms with Gasteiger partial charge < -0.3 is 5.32 Å². The zero-order chi connectivity index (χ0) is 14.8. The summed E-state index contributed by atoms with van der Waals surface area (Å²) in [5.74, 6) is 2.71. The molecule has 4 unspecified atom stereocenters. The van der Waals surface area contributed by atoms with Crippen molar-refractivity contribution < 1.29 is 4.79 Å². The van der Waals surface area contributed by atoms with Gasteiger partial charge in [-0.1, -0.05) is 37.6 Å². The van der Waals surface area contributed by atoms with Crippen LogP contribution in [-0.2, 0) is 11.2 Å². The van der Waals surface area contributed by atoms with E-state index in [1.165, 1.54) is 17.5 Å². The number of rotatable bonds is 6. The molecule has 1 amide bonds. The number of hydrogen-bond donors (Lipinski definition) is 1. The van der Waals surface area contributed by atoms with Crippen LogP contribution in [0, 0.1) is 17.8 Å². The predicted molar refractivity (Wildman–Crippen MR) is 86.6 cm³/mol. The van der Waals surface area contributed by atoms with Crippen molar-refractivity contribution in [3.63, 3.8) is 0 Å². The largest absolute Gasteiger partial charge is 0.356 e. The van der Waals surface area contributed by atoms with E-state index in [2.05, 4.69) is 36.5 Å². The standard InChI is InChI=1S/C18H24ClNO/c1-2-12(9-10-19)11-20-18(21)17-15-8-7-13-5-3-4-6-14(13)16(15)17/h3-6,12,15-17H,2,7-11H2,1H3,(H,20,21). The van der Waals surface area contributed by atoms with Gasteiger partial charge in [-0.15, -0.1) is 11.6 Å². The fourth-order valence-electron chi connectivity index (χ4n) is 3.89. The maximum absolute atomic E-state index is 12.5. The number of carbonyl (C=O) groups is 1. The first kappa shape index (κ1) is 14.9. The number of benzene rings is 1. The van der Waals surface area contributed by atoms with Crippen LogP contribution >= 0.6 is 11.6 Å². The minimum absolute atomic E-state index is 0.210. The fourth-order valence-corrected chi connectivity index (χ4v) is 4.20. The number of aryl methyl sites for hydroxylation is 1. The molecular formula is C18H24ClNO. The van der Waals surface area contributed by atoms with Crippen molar-refractivity contribution in [2.75, 3.05) is 12.4 Å². The molecule has 2 nitrogen and oxygen atoms in total. The smallest absolute Gasteiger partial charge is 0.224 e. The summed E-state index contributed by atoms with van der Waals surface area (Å²) in [6, 6.07) is 8.63. The van der Waals surface area contributed by atoms with Crippen molar-refractivity contribution in [1.82, 2.24) is 5.32 Å². The van der Waals surface area contributed by atoms with Crippen LogP contribution in [0.1, 0.15) is 43.2 Å². The van der Waals surface area contributed by atoms with Crippen LogP contribution in [-0.4, -0.2) is 18.3 Å². The van der Waals surface area contributed by atoms with Crippen molar-refractivity contribution in [2.45, 2.75) is 38.5 Å². The first-order valence-electron chi connectivity index (χ1n) is 8.17. The second kappa shape index (κ2) is 6.39. The Balaban J connectivity index is 1.59. The second-order valence-electron chi connectivity index (χ2n) is 6.45. The Kier molecular flexibility index (Phi) is 4.54. The molecule has 0 spiro atoms. The van der Waals surface area contributed by atoms with E-state index in [1.807, 2.05) is 0 Å². The molecule has 0 heterocycles. The Morgan fingerprint density at radius 2 is 2.24 bits per heavy atom. The van der Waals surface area contributed by atoms with Crippen molar-refractivity contribution in [3.8, 4) is 0 Å². The van der Waals surface area contributed by atoms with E-state index in [0.717, 1.165) is 25.8 Å². The quantitative estimate of drug-likeness (QED) is 0.797. The third kappa shape index (κ3) is 2.96. The van der Waals surface area contributed by atoms with E-state index >= 15 is 0 Å². The summed E-state index contributed by atoms with van der Waals surface area (Å²) >= 11 is 5.81. The van der Waals surface area contributed by atoms with Crippen LogP contribution in [0.15, 0.2) is 24.3 Å². The number of halogens is 1. The SMILES string of the molecule is CCC(CCCl)CNC(=O)C1C2CCc3ccccc3C21. The van der Waals surface area contributed by atoms with Crippen LogP contribution in [0.5, 0.6) is 0 Å². The molecule has 2 aliphatic carbocycles. The molecule has 1 fully saturated rings. The summed E-state index contributed by atoms with van der Waals surface area (Å²) in [6.45, 7) is 2.94. The summed E-state index contributed by atoms with van der Waals surface area (Å²) in [5, 5.41) is 3.17. The van der Waals surface area contributed by atoms with Gasteiger partial charge in [0.25, 0.3) is 0 Å². The van der Waals surface area contributed by atoms with Gasteiger partial charge in [-0.05, 0) is 48.1 Å². The minimum Gasteiger partial charge on any atom is -0.356 e. The monoisotopic (exact) mass is 305 g/mol. The molecule has 2 aliphatic rings. The molecule has 4 atom stereocenters. The lowest BCUT2D eigenvalue weighted by Crippen LogP contribution is -2.31. The van der Waals surface area contributed by atoms with Gasteiger partial charge in [0.1, 0.15) is 0 Å². The zero-order valence-electron chi connectivity index (χ0n) is 12.6. The highest BCUT2D eigenvalue weighted by atomic mass is 35.5. The average molecular weight is 306 g/mol. The molecule has 1 N–H and O–H groups in total. The average Bonchev–Trinajstić information content (AvgIpc) is 3.26. The van der Waals surface area contributed by atoms with E-state index in [9.17, 15) is 4.79 Å².